The van der Waals surface area contributed by atoms with Crippen LogP contribution in [0.15, 0.2) is 81.9 Å². The zero-order valence-electron chi connectivity index (χ0n) is 17.9. The molecule has 0 aliphatic heterocycles. The van der Waals surface area contributed by atoms with Gasteiger partial charge in [0.2, 0.25) is 0 Å². The highest BCUT2D eigenvalue weighted by Crippen LogP contribution is 2.42. The molecule has 8 nitrogen and oxygen atoms in total. The highest BCUT2D eigenvalue weighted by Gasteiger charge is 2.22. The van der Waals surface area contributed by atoms with Gasteiger partial charge in [-0.3, -0.25) is 4.55 Å². The molecule has 0 spiro atoms. The van der Waals surface area contributed by atoms with Crippen LogP contribution in [0.4, 0.5) is 28.4 Å². The molecule has 0 aliphatic rings. The standard InChI is InChI=1S/C24H22N4O4S/c1-14-11-21(15(2)10-20(14)25)27-28-23-22(33(30,31)32)13-16-12-18(8-9-19(16)24(23)29)26-17-6-4-3-5-7-17/h3-13,26,29H,25H2,1-2H3,(H,30,31,32). The van der Waals surface area contributed by atoms with Gasteiger partial charge in [-0.1, -0.05) is 18.2 Å². The Labute approximate surface area is 191 Å². The van der Waals surface area contributed by atoms with E-state index in [4.69, 9.17) is 5.73 Å². The number of aromatic hydroxyl groups is 1. The molecule has 168 valence electrons. The van der Waals surface area contributed by atoms with Gasteiger partial charge in [0.15, 0.2) is 5.75 Å². The van der Waals surface area contributed by atoms with E-state index in [0.29, 0.717) is 27.8 Å². The monoisotopic (exact) mass is 462 g/mol. The van der Waals surface area contributed by atoms with E-state index >= 15 is 0 Å². The minimum Gasteiger partial charge on any atom is -0.505 e. The third kappa shape index (κ3) is 4.64. The summed E-state index contributed by atoms with van der Waals surface area (Å²) in [6, 6.07) is 19.2. The summed E-state index contributed by atoms with van der Waals surface area (Å²) in [5, 5.41) is 22.9. The predicted molar refractivity (Wildman–Crippen MR) is 130 cm³/mol. The van der Waals surface area contributed by atoms with Gasteiger partial charge in [0.1, 0.15) is 10.6 Å². The summed E-state index contributed by atoms with van der Waals surface area (Å²) in [6.07, 6.45) is 0. The maximum Gasteiger partial charge on any atom is 0.296 e. The number of para-hydroxylation sites is 1. The summed E-state index contributed by atoms with van der Waals surface area (Å²) in [7, 11) is -4.70. The number of aryl methyl sites for hydroxylation is 2. The van der Waals surface area contributed by atoms with E-state index in [0.717, 1.165) is 16.8 Å². The van der Waals surface area contributed by atoms with Gasteiger partial charge in [-0.25, -0.2) is 0 Å². The summed E-state index contributed by atoms with van der Waals surface area (Å²) >= 11 is 0. The SMILES string of the molecule is Cc1cc(N=Nc2c(S(=O)(=O)O)cc3cc(Nc4ccccc4)ccc3c2O)c(C)cc1N. The van der Waals surface area contributed by atoms with Crippen molar-refractivity contribution in [1.82, 2.24) is 0 Å². The van der Waals surface area contributed by atoms with Gasteiger partial charge in [-0.15, -0.1) is 5.11 Å². The lowest BCUT2D eigenvalue weighted by atomic mass is 10.1. The van der Waals surface area contributed by atoms with E-state index in [1.54, 1.807) is 37.3 Å². The largest absolute Gasteiger partial charge is 0.505 e. The minimum absolute atomic E-state index is 0.345. The highest BCUT2D eigenvalue weighted by molar-refractivity contribution is 7.86. The second kappa shape index (κ2) is 8.53. The Morgan fingerprint density at radius 1 is 0.879 bits per heavy atom. The molecule has 0 unspecified atom stereocenters. The summed E-state index contributed by atoms with van der Waals surface area (Å²) in [6.45, 7) is 3.60. The summed E-state index contributed by atoms with van der Waals surface area (Å²) in [5.74, 6) is -0.403. The molecule has 33 heavy (non-hydrogen) atoms. The summed E-state index contributed by atoms with van der Waals surface area (Å²) in [4.78, 5) is -0.544. The van der Waals surface area contributed by atoms with Crippen molar-refractivity contribution >= 4 is 49.3 Å². The van der Waals surface area contributed by atoms with E-state index in [1.165, 1.54) is 6.07 Å². The van der Waals surface area contributed by atoms with Gasteiger partial charge >= 0.3 is 0 Å². The third-order valence-corrected chi connectivity index (χ3v) is 6.10. The molecule has 9 heteroatoms. The quantitative estimate of drug-likeness (QED) is 0.159. The van der Waals surface area contributed by atoms with E-state index in [-0.39, 0.29) is 5.69 Å². The van der Waals surface area contributed by atoms with E-state index in [9.17, 15) is 18.1 Å². The fourth-order valence-corrected chi connectivity index (χ4v) is 4.10. The number of azo groups is 1. The molecule has 0 fully saturated rings. The number of phenolic OH excluding ortho intramolecular Hbond substituents is 1. The van der Waals surface area contributed by atoms with Crippen molar-refractivity contribution in [1.29, 1.82) is 0 Å². The molecule has 0 bridgehead atoms. The normalized spacial score (nSPS) is 11.8. The number of hydrogen-bond acceptors (Lipinski definition) is 7. The molecule has 0 radical (unpaired) electrons. The number of rotatable bonds is 5. The van der Waals surface area contributed by atoms with Crippen LogP contribution in [0.3, 0.4) is 0 Å². The molecular weight excluding hydrogens is 440 g/mol. The molecule has 0 aromatic heterocycles. The third-order valence-electron chi connectivity index (χ3n) is 5.23. The molecule has 0 amide bonds. The lowest BCUT2D eigenvalue weighted by Gasteiger charge is -2.12. The van der Waals surface area contributed by atoms with E-state index in [2.05, 4.69) is 15.5 Å². The van der Waals surface area contributed by atoms with Crippen LogP contribution in [0.1, 0.15) is 11.1 Å². The van der Waals surface area contributed by atoms with Gasteiger partial charge in [0.05, 0.1) is 5.69 Å². The number of fused-ring (bicyclic) bond motifs is 1. The van der Waals surface area contributed by atoms with E-state index in [1.807, 2.05) is 37.3 Å². The van der Waals surface area contributed by atoms with Gasteiger partial charge < -0.3 is 16.2 Å². The van der Waals surface area contributed by atoms with Crippen LogP contribution in [0.2, 0.25) is 0 Å². The Morgan fingerprint density at radius 3 is 2.30 bits per heavy atom. The van der Waals surface area contributed by atoms with Crippen molar-refractivity contribution in [3.05, 3.63) is 77.9 Å². The number of phenols is 1. The molecule has 5 N–H and O–H groups in total. The van der Waals surface area contributed by atoms with Crippen molar-refractivity contribution in [2.24, 2.45) is 10.2 Å². The zero-order valence-corrected chi connectivity index (χ0v) is 18.8. The summed E-state index contributed by atoms with van der Waals surface area (Å²) in [5.41, 5.74) is 9.64. The second-order valence-corrected chi connectivity index (χ2v) is 9.06. The number of nitrogen functional groups attached to an aromatic ring is 1. The Hall–Kier alpha value is -3.95. The van der Waals surface area contributed by atoms with Crippen LogP contribution in [-0.4, -0.2) is 18.1 Å². The predicted octanol–water partition coefficient (Wildman–Crippen LogP) is 6.15. The Morgan fingerprint density at radius 2 is 1.61 bits per heavy atom. The molecular formula is C24H22N4O4S. The molecule has 4 rings (SSSR count). The van der Waals surface area contributed by atoms with Crippen molar-refractivity contribution in [3.63, 3.8) is 0 Å². The lowest BCUT2D eigenvalue weighted by Crippen LogP contribution is -1.99. The summed E-state index contributed by atoms with van der Waals surface area (Å²) < 4.78 is 34.0. The number of hydrogen-bond donors (Lipinski definition) is 4. The molecule has 0 heterocycles. The number of nitrogens with two attached hydrogens (primary N) is 1. The molecule has 0 saturated heterocycles. The minimum atomic E-state index is -4.70. The number of benzene rings is 4. The molecule has 4 aromatic rings. The van der Waals surface area contributed by atoms with Crippen molar-refractivity contribution in [2.75, 3.05) is 11.1 Å². The highest BCUT2D eigenvalue weighted by atomic mass is 32.2. The van der Waals surface area contributed by atoms with Crippen LogP contribution in [-0.2, 0) is 10.1 Å². The van der Waals surface area contributed by atoms with Gasteiger partial charge in [0, 0.05) is 22.4 Å². The number of nitrogens with zero attached hydrogens (tertiary/aromatic N) is 2. The Bertz CT molecular complexity index is 1500. The van der Waals surface area contributed by atoms with Crippen LogP contribution in [0, 0.1) is 13.8 Å². The van der Waals surface area contributed by atoms with Gasteiger partial charge in [-0.05, 0) is 78.9 Å². The van der Waals surface area contributed by atoms with Crippen molar-refractivity contribution in [3.8, 4) is 5.75 Å². The van der Waals surface area contributed by atoms with Crippen molar-refractivity contribution in [2.45, 2.75) is 18.7 Å². The molecule has 0 aliphatic carbocycles. The fourth-order valence-electron chi connectivity index (χ4n) is 3.45. The van der Waals surface area contributed by atoms with Crippen LogP contribution >= 0.6 is 0 Å². The zero-order chi connectivity index (χ0) is 23.8. The Kier molecular flexibility index (Phi) is 5.75. The smallest absolute Gasteiger partial charge is 0.296 e. The first-order chi connectivity index (χ1) is 15.6. The van der Waals surface area contributed by atoms with Crippen molar-refractivity contribution < 1.29 is 18.1 Å². The number of nitrogens with one attached hydrogen (secondary N) is 1. The Balaban J connectivity index is 1.83. The maximum atomic E-state index is 12.1. The average Bonchev–Trinajstić information content (AvgIpc) is 2.76. The molecule has 4 aromatic carbocycles. The first kappa shape index (κ1) is 22.3. The van der Waals surface area contributed by atoms with Gasteiger partial charge in [0.25, 0.3) is 10.1 Å². The lowest BCUT2D eigenvalue weighted by molar-refractivity contribution is 0.472. The second-order valence-electron chi connectivity index (χ2n) is 7.67. The molecule has 0 saturated carbocycles. The van der Waals surface area contributed by atoms with Crippen LogP contribution in [0.5, 0.6) is 5.75 Å². The van der Waals surface area contributed by atoms with Gasteiger partial charge in [-0.2, -0.15) is 13.5 Å². The maximum absolute atomic E-state index is 12.1. The fraction of sp³-hybridized carbons (Fsp3) is 0.0833. The van der Waals surface area contributed by atoms with Crippen LogP contribution in [0.25, 0.3) is 10.8 Å². The van der Waals surface area contributed by atoms with E-state index < -0.39 is 20.8 Å². The first-order valence-corrected chi connectivity index (χ1v) is 11.5. The average molecular weight is 463 g/mol. The number of anilines is 3. The van der Waals surface area contributed by atoms with Crippen LogP contribution < -0.4 is 11.1 Å². The molecule has 0 atom stereocenters. The first-order valence-electron chi connectivity index (χ1n) is 10.0. The topological polar surface area (TPSA) is 137 Å².